The maximum absolute atomic E-state index is 13.6. The highest BCUT2D eigenvalue weighted by Gasteiger charge is 2.61. The summed E-state index contributed by atoms with van der Waals surface area (Å²) in [5, 5.41) is 2.54. The summed E-state index contributed by atoms with van der Waals surface area (Å²) in [6.45, 7) is 4.58. The van der Waals surface area contributed by atoms with Crippen LogP contribution in [-0.4, -0.2) is 95.4 Å². The SMILES string of the molecule is COC(=O)[C@@]1(OC(=Nc2ccccc2)C(Cl)(Cl)Cl)C[C@H](OC(C)=O)[C@@H](NC(C)=O)[C@H]([C@H](OC(C)=O)[C@@H](COC(C)=O)OC(C)=O)O1. The fourth-order valence-electron chi connectivity index (χ4n) is 4.42. The number of alkyl halides is 3. The van der Waals surface area contributed by atoms with Gasteiger partial charge >= 0.3 is 35.6 Å². The summed E-state index contributed by atoms with van der Waals surface area (Å²) in [4.78, 5) is 78.6. The van der Waals surface area contributed by atoms with Crippen molar-refractivity contribution in [2.45, 2.75) is 81.1 Å². The molecule has 0 radical (unpaired) electrons. The lowest BCUT2D eigenvalue weighted by molar-refractivity contribution is -0.293. The quantitative estimate of drug-likeness (QED) is 0.116. The van der Waals surface area contributed by atoms with E-state index in [0.29, 0.717) is 0 Å². The maximum atomic E-state index is 13.6. The Morgan fingerprint density at radius 2 is 1.57 bits per heavy atom. The number of ether oxygens (including phenoxy) is 7. The van der Waals surface area contributed by atoms with Gasteiger partial charge in [-0.1, -0.05) is 53.0 Å². The number of hydrogen-bond acceptors (Lipinski definition) is 14. The molecule has 1 N–H and O–H groups in total. The highest BCUT2D eigenvalue weighted by atomic mass is 35.6. The van der Waals surface area contributed by atoms with Gasteiger partial charge in [0.05, 0.1) is 25.3 Å². The molecule has 0 aliphatic carbocycles. The molecule has 254 valence electrons. The molecule has 1 fully saturated rings. The van der Waals surface area contributed by atoms with Gasteiger partial charge in [0, 0.05) is 34.6 Å². The zero-order valence-corrected chi connectivity index (χ0v) is 27.8. The minimum Gasteiger partial charge on any atom is -0.464 e. The number of para-hydroxylation sites is 1. The van der Waals surface area contributed by atoms with Crippen molar-refractivity contribution in [3.8, 4) is 0 Å². The van der Waals surface area contributed by atoms with Gasteiger partial charge in [0.2, 0.25) is 11.8 Å². The number of benzene rings is 1. The zero-order valence-electron chi connectivity index (χ0n) is 25.6. The molecule has 46 heavy (non-hydrogen) atoms. The van der Waals surface area contributed by atoms with Crippen molar-refractivity contribution in [2.75, 3.05) is 13.7 Å². The molecule has 0 unspecified atom stereocenters. The molecule has 0 saturated carbocycles. The molecule has 2 rings (SSSR count). The number of hydrogen-bond donors (Lipinski definition) is 1. The Morgan fingerprint density at radius 1 is 0.957 bits per heavy atom. The molecule has 15 nitrogen and oxygen atoms in total. The van der Waals surface area contributed by atoms with Gasteiger partial charge < -0.3 is 38.5 Å². The molecular weight excluding hydrogens is 679 g/mol. The van der Waals surface area contributed by atoms with E-state index in [4.69, 9.17) is 68.0 Å². The minimum absolute atomic E-state index is 0.220. The first-order valence-electron chi connectivity index (χ1n) is 13.5. The van der Waals surface area contributed by atoms with Gasteiger partial charge in [-0.15, -0.1) is 0 Å². The first kappa shape index (κ1) is 38.5. The molecule has 1 heterocycles. The first-order chi connectivity index (χ1) is 21.4. The number of nitrogens with one attached hydrogen (secondary N) is 1. The topological polar surface area (TPSA) is 191 Å². The number of aliphatic imine (C=N–C) groups is 1. The maximum Gasteiger partial charge on any atom is 0.379 e. The van der Waals surface area contributed by atoms with Crippen LogP contribution in [0.1, 0.15) is 41.0 Å². The summed E-state index contributed by atoms with van der Waals surface area (Å²) in [5.74, 6) is -8.86. The second kappa shape index (κ2) is 16.8. The number of methoxy groups -OCH3 is 1. The zero-order chi connectivity index (χ0) is 34.8. The molecule has 1 aliphatic rings. The molecule has 1 saturated heterocycles. The lowest BCUT2D eigenvalue weighted by Crippen LogP contribution is -2.69. The average Bonchev–Trinajstić information content (AvgIpc) is 2.93. The van der Waals surface area contributed by atoms with Crippen LogP contribution in [0.3, 0.4) is 0 Å². The van der Waals surface area contributed by atoms with Crippen LogP contribution in [0.2, 0.25) is 0 Å². The summed E-state index contributed by atoms with van der Waals surface area (Å²) >= 11 is 18.6. The Morgan fingerprint density at radius 3 is 2.04 bits per heavy atom. The Labute approximate surface area is 279 Å². The van der Waals surface area contributed by atoms with Gasteiger partial charge in [0.15, 0.2) is 12.2 Å². The number of esters is 5. The Bertz CT molecular complexity index is 1320. The summed E-state index contributed by atoms with van der Waals surface area (Å²) in [5.41, 5.74) is 0.220. The summed E-state index contributed by atoms with van der Waals surface area (Å²) in [6, 6.07) is 6.56. The van der Waals surface area contributed by atoms with E-state index in [1.54, 1.807) is 18.2 Å². The van der Waals surface area contributed by atoms with E-state index in [-0.39, 0.29) is 5.69 Å². The molecule has 1 aromatic rings. The molecule has 18 heteroatoms. The third-order valence-corrected chi connectivity index (χ3v) is 6.47. The molecule has 1 amide bonds. The van der Waals surface area contributed by atoms with Gasteiger partial charge in [0.25, 0.3) is 3.79 Å². The van der Waals surface area contributed by atoms with Crippen LogP contribution in [0.5, 0.6) is 0 Å². The van der Waals surface area contributed by atoms with Gasteiger partial charge in [-0.2, -0.15) is 0 Å². The monoisotopic (exact) mass is 710 g/mol. The molecule has 0 bridgehead atoms. The highest BCUT2D eigenvalue weighted by Crippen LogP contribution is 2.40. The van der Waals surface area contributed by atoms with Crippen molar-refractivity contribution in [2.24, 2.45) is 4.99 Å². The van der Waals surface area contributed by atoms with Gasteiger partial charge in [-0.3, -0.25) is 24.0 Å². The Hall–Kier alpha value is -3.66. The standard InChI is InChI=1S/C28H33Cl3N2O13/c1-14(34)32-22-20(42-16(3)36)12-27(26(39)40-6,46-25(28(29,30)31)33-19-10-8-7-9-11-19)45-24(22)23(44-18(5)38)21(43-17(4)37)13-41-15(2)35/h7-11,20-24H,12-13H2,1-6H3,(H,32,34)/t20-,21+,22+,23+,24+,27-/m0/s1. The number of carbonyl (C=O) groups excluding carboxylic acids is 6. The molecule has 1 aliphatic heterocycles. The predicted molar refractivity (Wildman–Crippen MR) is 160 cm³/mol. The van der Waals surface area contributed by atoms with Crippen molar-refractivity contribution < 1.29 is 61.9 Å². The molecule has 6 atom stereocenters. The molecule has 1 aromatic carbocycles. The van der Waals surface area contributed by atoms with Crippen molar-refractivity contribution in [1.82, 2.24) is 5.32 Å². The molecule has 0 aromatic heterocycles. The Kier molecular flexibility index (Phi) is 14.0. The van der Waals surface area contributed by atoms with Crippen molar-refractivity contribution >= 4 is 82.1 Å². The van der Waals surface area contributed by atoms with Crippen LogP contribution < -0.4 is 5.32 Å². The number of halogens is 3. The van der Waals surface area contributed by atoms with E-state index in [1.807, 2.05) is 0 Å². The van der Waals surface area contributed by atoms with E-state index >= 15 is 0 Å². The smallest absolute Gasteiger partial charge is 0.379 e. The summed E-state index contributed by atoms with van der Waals surface area (Å²) < 4.78 is 36.0. The van der Waals surface area contributed by atoms with E-state index in [0.717, 1.165) is 41.7 Å². The normalized spacial score (nSPS) is 22.7. The van der Waals surface area contributed by atoms with Gasteiger partial charge in [-0.05, 0) is 12.1 Å². The number of rotatable bonds is 11. The summed E-state index contributed by atoms with van der Waals surface area (Å²) in [6.07, 6.45) is -7.37. The van der Waals surface area contributed by atoms with Crippen LogP contribution in [0.25, 0.3) is 0 Å². The van der Waals surface area contributed by atoms with Crippen molar-refractivity contribution in [1.29, 1.82) is 0 Å². The third kappa shape index (κ3) is 11.3. The number of carbonyl (C=O) groups is 6. The van der Waals surface area contributed by atoms with Crippen LogP contribution in [0, 0.1) is 0 Å². The van der Waals surface area contributed by atoms with Gasteiger partial charge in [0.1, 0.15) is 18.8 Å². The van der Waals surface area contributed by atoms with E-state index in [1.165, 1.54) is 12.1 Å². The van der Waals surface area contributed by atoms with Crippen LogP contribution >= 0.6 is 34.8 Å². The molecule has 0 spiro atoms. The second-order valence-corrected chi connectivity index (χ2v) is 12.1. The van der Waals surface area contributed by atoms with Crippen LogP contribution in [-0.2, 0) is 61.9 Å². The van der Waals surface area contributed by atoms with Crippen molar-refractivity contribution in [3.05, 3.63) is 30.3 Å². The van der Waals surface area contributed by atoms with E-state index < -0.39 is 94.7 Å². The van der Waals surface area contributed by atoms with Crippen LogP contribution in [0.15, 0.2) is 35.3 Å². The third-order valence-electron chi connectivity index (χ3n) is 5.99. The summed E-state index contributed by atoms with van der Waals surface area (Å²) in [7, 11) is 0.974. The number of amides is 1. The van der Waals surface area contributed by atoms with Crippen molar-refractivity contribution in [3.63, 3.8) is 0 Å². The van der Waals surface area contributed by atoms with Gasteiger partial charge in [-0.25, -0.2) is 9.79 Å². The lowest BCUT2D eigenvalue weighted by atomic mass is 9.88. The first-order valence-corrected chi connectivity index (χ1v) is 14.6. The highest BCUT2D eigenvalue weighted by molar-refractivity contribution is 6.76. The Balaban J connectivity index is 2.89. The molecular formula is C28H33Cl3N2O13. The fourth-order valence-corrected chi connectivity index (χ4v) is 4.67. The predicted octanol–water partition coefficient (Wildman–Crippen LogP) is 2.62. The second-order valence-electron chi connectivity index (χ2n) is 9.78. The van der Waals surface area contributed by atoms with E-state index in [9.17, 15) is 28.8 Å². The average molecular weight is 712 g/mol. The fraction of sp³-hybridized carbons (Fsp3) is 0.536. The number of nitrogens with zero attached hydrogens (tertiary/aromatic N) is 1. The van der Waals surface area contributed by atoms with E-state index in [2.05, 4.69) is 10.3 Å². The lowest BCUT2D eigenvalue weighted by Gasteiger charge is -2.48. The largest absolute Gasteiger partial charge is 0.464 e. The van der Waals surface area contributed by atoms with Crippen LogP contribution in [0.4, 0.5) is 5.69 Å². The minimum atomic E-state index is -2.69.